The number of carbonyl (C=O) groups is 1. The molecule has 6 nitrogen and oxygen atoms in total. The van der Waals surface area contributed by atoms with Gasteiger partial charge in [-0.3, -0.25) is 4.79 Å². The first-order valence-electron chi connectivity index (χ1n) is 7.72. The second-order valence-electron chi connectivity index (χ2n) is 6.45. The largest absolute Gasteiger partial charge is 0.354 e. The fourth-order valence-corrected chi connectivity index (χ4v) is 3.46. The van der Waals surface area contributed by atoms with Gasteiger partial charge in [0, 0.05) is 12.8 Å². The van der Waals surface area contributed by atoms with Crippen molar-refractivity contribution in [2.75, 3.05) is 12.8 Å². The van der Waals surface area contributed by atoms with E-state index < -0.39 is 9.84 Å². The van der Waals surface area contributed by atoms with Crippen LogP contribution in [0.25, 0.3) is 11.0 Å². The molecule has 0 saturated heterocycles. The summed E-state index contributed by atoms with van der Waals surface area (Å²) in [5.41, 5.74) is 1.48. The SMILES string of the molecule is C[C@@H]1C[C@H]1CNC(=O)Cn1c(CS(C)(=O)=O)nc2ccccc21. The molecule has 1 aliphatic carbocycles. The number of nitrogens with one attached hydrogen (secondary N) is 1. The maximum Gasteiger partial charge on any atom is 0.240 e. The highest BCUT2D eigenvalue weighted by molar-refractivity contribution is 7.89. The number of para-hydroxylation sites is 2. The predicted molar refractivity (Wildman–Crippen MR) is 88.6 cm³/mol. The Kier molecular flexibility index (Phi) is 4.14. The van der Waals surface area contributed by atoms with Crippen LogP contribution in [0.4, 0.5) is 0 Å². The summed E-state index contributed by atoms with van der Waals surface area (Å²) < 4.78 is 24.9. The van der Waals surface area contributed by atoms with Crippen molar-refractivity contribution < 1.29 is 13.2 Å². The molecule has 1 aromatic heterocycles. The molecular formula is C16H21N3O3S. The lowest BCUT2D eigenvalue weighted by Crippen LogP contribution is -2.30. The third-order valence-corrected chi connectivity index (χ3v) is 5.05. The van der Waals surface area contributed by atoms with Crippen LogP contribution in [-0.4, -0.2) is 36.7 Å². The third-order valence-electron chi connectivity index (χ3n) is 4.26. The van der Waals surface area contributed by atoms with Gasteiger partial charge in [0.25, 0.3) is 0 Å². The number of nitrogens with zero attached hydrogens (tertiary/aromatic N) is 2. The van der Waals surface area contributed by atoms with E-state index in [0.717, 1.165) is 11.9 Å². The Morgan fingerprint density at radius 3 is 2.74 bits per heavy atom. The Morgan fingerprint density at radius 2 is 2.09 bits per heavy atom. The summed E-state index contributed by atoms with van der Waals surface area (Å²) in [5.74, 6) is 1.39. The Morgan fingerprint density at radius 1 is 1.39 bits per heavy atom. The van der Waals surface area contributed by atoms with Crippen molar-refractivity contribution in [2.24, 2.45) is 11.8 Å². The Bertz CT molecular complexity index is 841. The minimum Gasteiger partial charge on any atom is -0.354 e. The zero-order valence-electron chi connectivity index (χ0n) is 13.3. The van der Waals surface area contributed by atoms with Gasteiger partial charge in [0.1, 0.15) is 18.1 Å². The number of hydrogen-bond acceptors (Lipinski definition) is 4. The summed E-state index contributed by atoms with van der Waals surface area (Å²) >= 11 is 0. The molecular weight excluding hydrogens is 314 g/mol. The van der Waals surface area contributed by atoms with Crippen molar-refractivity contribution in [1.82, 2.24) is 14.9 Å². The number of sulfone groups is 1. The molecule has 0 radical (unpaired) electrons. The van der Waals surface area contributed by atoms with Gasteiger partial charge in [-0.2, -0.15) is 0 Å². The zero-order valence-corrected chi connectivity index (χ0v) is 14.1. The van der Waals surface area contributed by atoms with Crippen molar-refractivity contribution in [2.45, 2.75) is 25.6 Å². The van der Waals surface area contributed by atoms with Crippen LogP contribution in [0.5, 0.6) is 0 Å². The van der Waals surface area contributed by atoms with Crippen LogP contribution in [0.15, 0.2) is 24.3 Å². The summed E-state index contributed by atoms with van der Waals surface area (Å²) in [6.07, 6.45) is 2.33. The molecule has 0 bridgehead atoms. The van der Waals surface area contributed by atoms with Crippen LogP contribution in [0.1, 0.15) is 19.2 Å². The Labute approximate surface area is 135 Å². The van der Waals surface area contributed by atoms with Gasteiger partial charge < -0.3 is 9.88 Å². The molecule has 0 aliphatic heterocycles. The molecule has 1 aliphatic rings. The van der Waals surface area contributed by atoms with Crippen LogP contribution < -0.4 is 5.32 Å². The van der Waals surface area contributed by atoms with Gasteiger partial charge in [-0.1, -0.05) is 19.1 Å². The summed E-state index contributed by atoms with van der Waals surface area (Å²) in [7, 11) is -3.22. The van der Waals surface area contributed by atoms with Gasteiger partial charge in [-0.05, 0) is 30.4 Å². The Balaban J connectivity index is 1.82. The molecule has 1 amide bonds. The lowest BCUT2D eigenvalue weighted by molar-refractivity contribution is -0.121. The van der Waals surface area contributed by atoms with E-state index in [1.165, 1.54) is 6.26 Å². The van der Waals surface area contributed by atoms with Gasteiger partial charge in [0.05, 0.1) is 11.0 Å². The van der Waals surface area contributed by atoms with E-state index in [0.29, 0.717) is 29.7 Å². The van der Waals surface area contributed by atoms with Crippen molar-refractivity contribution in [3.8, 4) is 0 Å². The number of carbonyl (C=O) groups excluding carboxylic acids is 1. The standard InChI is InChI=1S/C16H21N3O3S/c1-11-7-12(11)8-17-16(20)9-19-14-6-4-3-5-13(14)18-15(19)10-23(2,21)22/h3-6,11-12H,7-10H2,1-2H3,(H,17,20)/t11-,12+/m1/s1. The van der Waals surface area contributed by atoms with Crippen molar-refractivity contribution in [3.05, 3.63) is 30.1 Å². The van der Waals surface area contributed by atoms with E-state index in [1.54, 1.807) is 4.57 Å². The maximum absolute atomic E-state index is 12.2. The molecule has 1 fully saturated rings. The molecule has 3 rings (SSSR count). The van der Waals surface area contributed by atoms with Gasteiger partial charge >= 0.3 is 0 Å². The number of rotatable bonds is 6. The quantitative estimate of drug-likeness (QED) is 0.864. The molecule has 0 spiro atoms. The number of aromatic nitrogens is 2. The molecule has 124 valence electrons. The first-order valence-corrected chi connectivity index (χ1v) is 9.78. The average Bonchev–Trinajstić information content (AvgIpc) is 3.07. The molecule has 1 saturated carbocycles. The summed E-state index contributed by atoms with van der Waals surface area (Å²) in [6, 6.07) is 7.37. The minimum atomic E-state index is -3.22. The molecule has 1 heterocycles. The second-order valence-corrected chi connectivity index (χ2v) is 8.59. The first kappa shape index (κ1) is 16.0. The van der Waals surface area contributed by atoms with E-state index in [-0.39, 0.29) is 18.2 Å². The van der Waals surface area contributed by atoms with E-state index >= 15 is 0 Å². The fraction of sp³-hybridized carbons (Fsp3) is 0.500. The maximum atomic E-state index is 12.2. The van der Waals surface area contributed by atoms with Crippen molar-refractivity contribution in [3.63, 3.8) is 0 Å². The van der Waals surface area contributed by atoms with E-state index in [9.17, 15) is 13.2 Å². The minimum absolute atomic E-state index is 0.0897. The van der Waals surface area contributed by atoms with Gasteiger partial charge in [-0.15, -0.1) is 0 Å². The normalized spacial score (nSPS) is 20.6. The van der Waals surface area contributed by atoms with Crippen LogP contribution in [0, 0.1) is 11.8 Å². The Hall–Kier alpha value is -1.89. The summed E-state index contributed by atoms with van der Waals surface area (Å²) in [5, 5.41) is 2.93. The van der Waals surface area contributed by atoms with Gasteiger partial charge in [-0.25, -0.2) is 13.4 Å². The topological polar surface area (TPSA) is 81.1 Å². The number of amides is 1. The lowest BCUT2D eigenvalue weighted by atomic mass is 10.3. The molecule has 23 heavy (non-hydrogen) atoms. The first-order chi connectivity index (χ1) is 10.8. The molecule has 2 aromatic rings. The predicted octanol–water partition coefficient (Wildman–Crippen LogP) is 1.35. The number of imidazole rings is 1. The van der Waals surface area contributed by atoms with Crippen LogP contribution >= 0.6 is 0 Å². The van der Waals surface area contributed by atoms with Gasteiger partial charge in [0.15, 0.2) is 9.84 Å². The number of benzene rings is 1. The fourth-order valence-electron chi connectivity index (χ4n) is 2.77. The molecule has 0 unspecified atom stereocenters. The molecule has 1 aromatic carbocycles. The molecule has 2 atom stereocenters. The van der Waals surface area contributed by atoms with Crippen molar-refractivity contribution >= 4 is 26.8 Å². The van der Waals surface area contributed by atoms with Crippen molar-refractivity contribution in [1.29, 1.82) is 0 Å². The monoisotopic (exact) mass is 335 g/mol. The zero-order chi connectivity index (χ0) is 16.6. The second kappa shape index (κ2) is 5.96. The van der Waals surface area contributed by atoms with E-state index in [1.807, 2.05) is 24.3 Å². The van der Waals surface area contributed by atoms with Crippen LogP contribution in [0.2, 0.25) is 0 Å². The van der Waals surface area contributed by atoms with Crippen LogP contribution in [0.3, 0.4) is 0 Å². The molecule has 7 heteroatoms. The van der Waals surface area contributed by atoms with E-state index in [2.05, 4.69) is 17.2 Å². The smallest absolute Gasteiger partial charge is 0.240 e. The third kappa shape index (κ3) is 3.90. The highest BCUT2D eigenvalue weighted by Crippen LogP contribution is 2.36. The van der Waals surface area contributed by atoms with Gasteiger partial charge in [0.2, 0.25) is 5.91 Å². The summed E-state index contributed by atoms with van der Waals surface area (Å²) in [6.45, 7) is 2.95. The van der Waals surface area contributed by atoms with E-state index in [4.69, 9.17) is 0 Å². The highest BCUT2D eigenvalue weighted by atomic mass is 32.2. The number of hydrogen-bond donors (Lipinski definition) is 1. The summed E-state index contributed by atoms with van der Waals surface area (Å²) in [4.78, 5) is 16.6. The lowest BCUT2D eigenvalue weighted by Gasteiger charge is -2.09. The highest BCUT2D eigenvalue weighted by Gasteiger charge is 2.32. The number of fused-ring (bicyclic) bond motifs is 1. The average molecular weight is 335 g/mol. The van der Waals surface area contributed by atoms with Crippen LogP contribution in [-0.2, 0) is 26.9 Å². The molecule has 1 N–H and O–H groups in total.